The molecule has 1 fully saturated rings. The van der Waals surface area contributed by atoms with E-state index in [1.807, 2.05) is 0 Å². The highest BCUT2D eigenvalue weighted by Gasteiger charge is 2.35. The second kappa shape index (κ2) is 3.06. The minimum atomic E-state index is -1.28. The van der Waals surface area contributed by atoms with Gasteiger partial charge in [0, 0.05) is 0 Å². The van der Waals surface area contributed by atoms with Crippen molar-refractivity contribution in [1.29, 1.82) is 0 Å². The number of ether oxygens (including phenoxy) is 1. The lowest BCUT2D eigenvalue weighted by molar-refractivity contribution is -0.216. The Morgan fingerprint density at radius 3 is 2.30 bits per heavy atom. The lowest BCUT2D eigenvalue weighted by Crippen LogP contribution is -2.50. The molecule has 1 rings (SSSR count). The van der Waals surface area contributed by atoms with Gasteiger partial charge in [0.15, 0.2) is 6.29 Å². The molecule has 1 saturated heterocycles. The summed E-state index contributed by atoms with van der Waals surface area (Å²) >= 11 is 3.91. The molecular formula is C5H10O4S. The molecule has 0 radical (unpaired) electrons. The van der Waals surface area contributed by atoms with E-state index in [2.05, 4.69) is 17.4 Å². The van der Waals surface area contributed by atoms with Crippen molar-refractivity contribution in [2.75, 3.05) is 6.61 Å². The zero-order chi connectivity index (χ0) is 7.72. The number of aliphatic hydroxyl groups excluding tert-OH is 3. The van der Waals surface area contributed by atoms with Crippen LogP contribution in [0.4, 0.5) is 0 Å². The second-order valence-electron chi connectivity index (χ2n) is 2.27. The third kappa shape index (κ3) is 1.43. The number of hydrogen-bond acceptors (Lipinski definition) is 5. The largest absolute Gasteiger partial charge is 0.389 e. The molecule has 1 aliphatic heterocycles. The van der Waals surface area contributed by atoms with Gasteiger partial charge < -0.3 is 20.1 Å². The summed E-state index contributed by atoms with van der Waals surface area (Å²) in [6.07, 6.45) is -3.53. The lowest BCUT2D eigenvalue weighted by Gasteiger charge is -2.32. The van der Waals surface area contributed by atoms with Crippen LogP contribution < -0.4 is 0 Å². The van der Waals surface area contributed by atoms with E-state index in [4.69, 9.17) is 15.3 Å². The van der Waals surface area contributed by atoms with Gasteiger partial charge in [0.2, 0.25) is 0 Å². The van der Waals surface area contributed by atoms with E-state index in [1.165, 1.54) is 0 Å². The molecule has 0 bridgehead atoms. The molecule has 5 heteroatoms. The SMILES string of the molecule is OC1OC[C@@H](S)[C@@H](O)[C@H]1O. The van der Waals surface area contributed by atoms with Gasteiger partial charge in [0.1, 0.15) is 6.10 Å². The highest BCUT2D eigenvalue weighted by atomic mass is 32.1. The molecule has 1 aliphatic rings. The van der Waals surface area contributed by atoms with E-state index in [0.717, 1.165) is 0 Å². The highest BCUT2D eigenvalue weighted by Crippen LogP contribution is 2.16. The fourth-order valence-electron chi connectivity index (χ4n) is 0.791. The molecule has 0 aliphatic carbocycles. The Morgan fingerprint density at radius 1 is 1.20 bits per heavy atom. The standard InChI is InChI=1S/C5H10O4S/c6-3-2(10)1-9-5(8)4(3)7/h2-8,10H,1H2/t2-,3-,4-,5?/m1/s1. The Hall–Kier alpha value is 0.190. The van der Waals surface area contributed by atoms with Crippen LogP contribution in [0.25, 0.3) is 0 Å². The molecule has 4 nitrogen and oxygen atoms in total. The van der Waals surface area contributed by atoms with Crippen LogP contribution in [0.15, 0.2) is 0 Å². The molecular weight excluding hydrogens is 156 g/mol. The maximum absolute atomic E-state index is 9.05. The van der Waals surface area contributed by atoms with Crippen molar-refractivity contribution in [3.05, 3.63) is 0 Å². The molecule has 0 spiro atoms. The van der Waals surface area contributed by atoms with Crippen molar-refractivity contribution >= 4 is 12.6 Å². The predicted octanol–water partition coefficient (Wildman–Crippen LogP) is -1.64. The van der Waals surface area contributed by atoms with Gasteiger partial charge in [-0.1, -0.05) is 0 Å². The van der Waals surface area contributed by atoms with Crippen molar-refractivity contribution in [2.24, 2.45) is 0 Å². The zero-order valence-corrected chi connectivity index (χ0v) is 6.11. The van der Waals surface area contributed by atoms with Gasteiger partial charge >= 0.3 is 0 Å². The van der Waals surface area contributed by atoms with E-state index in [1.54, 1.807) is 0 Å². The van der Waals surface area contributed by atoms with Gasteiger partial charge in [-0.15, -0.1) is 0 Å². The molecule has 4 atom stereocenters. The third-order valence-corrected chi connectivity index (χ3v) is 1.93. The summed E-state index contributed by atoms with van der Waals surface area (Å²) in [5.74, 6) is 0. The van der Waals surface area contributed by atoms with Gasteiger partial charge in [-0.25, -0.2) is 0 Å². The first-order valence-electron chi connectivity index (χ1n) is 2.97. The van der Waals surface area contributed by atoms with Crippen LogP contribution in [0.3, 0.4) is 0 Å². The van der Waals surface area contributed by atoms with Gasteiger partial charge in [-0.3, -0.25) is 0 Å². The summed E-state index contributed by atoms with van der Waals surface area (Å²) in [5, 5.41) is 26.4. The maximum atomic E-state index is 9.05. The fourth-order valence-corrected chi connectivity index (χ4v) is 1.05. The van der Waals surface area contributed by atoms with E-state index in [-0.39, 0.29) is 6.61 Å². The molecule has 0 amide bonds. The second-order valence-corrected chi connectivity index (χ2v) is 2.94. The molecule has 3 N–H and O–H groups in total. The van der Waals surface area contributed by atoms with Crippen LogP contribution in [0.5, 0.6) is 0 Å². The quantitative estimate of drug-likeness (QED) is 0.326. The van der Waals surface area contributed by atoms with E-state index in [0.29, 0.717) is 0 Å². The maximum Gasteiger partial charge on any atom is 0.183 e. The predicted molar refractivity (Wildman–Crippen MR) is 36.7 cm³/mol. The summed E-state index contributed by atoms with van der Waals surface area (Å²) in [5.41, 5.74) is 0. The first-order chi connectivity index (χ1) is 4.63. The van der Waals surface area contributed by atoms with Gasteiger partial charge in [-0.2, -0.15) is 12.6 Å². The van der Waals surface area contributed by atoms with Crippen molar-refractivity contribution in [3.63, 3.8) is 0 Å². The van der Waals surface area contributed by atoms with Crippen molar-refractivity contribution < 1.29 is 20.1 Å². The Balaban J connectivity index is 2.52. The number of aliphatic hydroxyl groups is 3. The van der Waals surface area contributed by atoms with Crippen LogP contribution in [0, 0.1) is 0 Å². The average Bonchev–Trinajstić information content (AvgIpc) is 1.93. The van der Waals surface area contributed by atoms with Crippen LogP contribution >= 0.6 is 12.6 Å². The minimum absolute atomic E-state index is 0.155. The topological polar surface area (TPSA) is 69.9 Å². The smallest absolute Gasteiger partial charge is 0.183 e. The number of thiol groups is 1. The number of rotatable bonds is 0. The monoisotopic (exact) mass is 166 g/mol. The van der Waals surface area contributed by atoms with Crippen molar-refractivity contribution in [2.45, 2.75) is 23.7 Å². The minimum Gasteiger partial charge on any atom is -0.389 e. The van der Waals surface area contributed by atoms with E-state index in [9.17, 15) is 0 Å². The third-order valence-electron chi connectivity index (χ3n) is 1.47. The summed E-state index contributed by atoms with van der Waals surface area (Å²) in [4.78, 5) is 0. The molecule has 0 aromatic rings. The Morgan fingerprint density at radius 2 is 1.80 bits per heavy atom. The van der Waals surface area contributed by atoms with Crippen LogP contribution in [0.1, 0.15) is 0 Å². The van der Waals surface area contributed by atoms with Crippen molar-refractivity contribution in [3.8, 4) is 0 Å². The highest BCUT2D eigenvalue weighted by molar-refractivity contribution is 7.81. The Kier molecular flexibility index (Phi) is 2.54. The van der Waals surface area contributed by atoms with Crippen LogP contribution in [0.2, 0.25) is 0 Å². The molecule has 1 heterocycles. The summed E-state index contributed by atoms with van der Waals surface area (Å²) in [6.45, 7) is 0.155. The van der Waals surface area contributed by atoms with Gasteiger partial charge in [0.05, 0.1) is 18.0 Å². The van der Waals surface area contributed by atoms with Gasteiger partial charge in [-0.05, 0) is 0 Å². The summed E-state index contributed by atoms with van der Waals surface area (Å²) in [6, 6.07) is 0. The van der Waals surface area contributed by atoms with Crippen LogP contribution in [-0.4, -0.2) is 45.7 Å². The van der Waals surface area contributed by atoms with Gasteiger partial charge in [0.25, 0.3) is 0 Å². The Labute approximate surface area is 63.8 Å². The molecule has 1 unspecified atom stereocenters. The lowest BCUT2D eigenvalue weighted by atomic mass is 10.1. The first-order valence-corrected chi connectivity index (χ1v) is 3.48. The summed E-state index contributed by atoms with van der Waals surface area (Å²) < 4.78 is 4.64. The summed E-state index contributed by atoms with van der Waals surface area (Å²) in [7, 11) is 0. The van der Waals surface area contributed by atoms with E-state index < -0.39 is 23.7 Å². The fraction of sp³-hybridized carbons (Fsp3) is 1.00. The normalized spacial score (nSPS) is 49.2. The number of hydrogen-bond donors (Lipinski definition) is 4. The molecule has 0 aromatic carbocycles. The first kappa shape index (κ1) is 8.29. The molecule has 0 saturated carbocycles. The Bertz CT molecular complexity index is 106. The van der Waals surface area contributed by atoms with Crippen LogP contribution in [-0.2, 0) is 4.74 Å². The zero-order valence-electron chi connectivity index (χ0n) is 5.21. The molecule has 60 valence electrons. The average molecular weight is 166 g/mol. The molecule has 10 heavy (non-hydrogen) atoms. The van der Waals surface area contributed by atoms with E-state index >= 15 is 0 Å². The molecule has 0 aromatic heterocycles. The van der Waals surface area contributed by atoms with Crippen molar-refractivity contribution in [1.82, 2.24) is 0 Å².